The van der Waals surface area contributed by atoms with Gasteiger partial charge < -0.3 is 16.8 Å². The Morgan fingerprint density at radius 2 is 2.13 bits per heavy atom. The lowest BCUT2D eigenvalue weighted by atomic mass is 10.2. The molecule has 0 saturated carbocycles. The molecule has 1 aromatic carbocycles. The molecule has 5 heteroatoms. The number of amides is 1. The number of halogens is 1. The number of nitrogens with two attached hydrogens (primary N) is 2. The van der Waals surface area contributed by atoms with Crippen molar-refractivity contribution in [2.24, 2.45) is 11.5 Å². The summed E-state index contributed by atoms with van der Waals surface area (Å²) >= 11 is 0. The molecule has 0 spiro atoms. The quantitative estimate of drug-likeness (QED) is 0.627. The van der Waals surface area contributed by atoms with E-state index in [0.717, 1.165) is 0 Å². The Morgan fingerprint density at radius 1 is 1.47 bits per heavy atom. The van der Waals surface area contributed by atoms with Gasteiger partial charge in [-0.1, -0.05) is 18.2 Å². The molecular weight excluding hydrogens is 197 g/mol. The van der Waals surface area contributed by atoms with Crippen LogP contribution in [-0.4, -0.2) is 18.5 Å². The van der Waals surface area contributed by atoms with Crippen LogP contribution in [0.1, 0.15) is 5.56 Å². The number of nitrogens with one attached hydrogen (secondary N) is 1. The Kier molecular flexibility index (Phi) is 4.20. The Balaban J connectivity index is 2.38. The third-order valence-corrected chi connectivity index (χ3v) is 2.00. The van der Waals surface area contributed by atoms with Gasteiger partial charge in [-0.05, 0) is 6.07 Å². The minimum atomic E-state index is -0.739. The van der Waals surface area contributed by atoms with Gasteiger partial charge in [-0.3, -0.25) is 4.79 Å². The number of primary amides is 1. The number of carbonyl (C=O) groups is 1. The molecule has 0 heterocycles. The van der Waals surface area contributed by atoms with E-state index in [0.29, 0.717) is 12.1 Å². The number of hydrogen-bond acceptors (Lipinski definition) is 3. The molecular formula is C10H14FN3O. The molecule has 0 radical (unpaired) electrons. The predicted octanol–water partition coefficient (Wildman–Crippen LogP) is -0.272. The van der Waals surface area contributed by atoms with Crippen molar-refractivity contribution in [1.29, 1.82) is 0 Å². The Labute approximate surface area is 87.4 Å². The van der Waals surface area contributed by atoms with Crippen LogP contribution in [0.2, 0.25) is 0 Å². The molecule has 5 N–H and O–H groups in total. The highest BCUT2D eigenvalue weighted by molar-refractivity contribution is 5.79. The summed E-state index contributed by atoms with van der Waals surface area (Å²) in [6, 6.07) is 5.67. The van der Waals surface area contributed by atoms with Crippen molar-refractivity contribution in [2.75, 3.05) is 6.54 Å². The van der Waals surface area contributed by atoms with Crippen LogP contribution in [0.5, 0.6) is 0 Å². The first kappa shape index (κ1) is 11.6. The van der Waals surface area contributed by atoms with Crippen LogP contribution in [0.25, 0.3) is 0 Å². The molecule has 0 aromatic heterocycles. The first-order valence-corrected chi connectivity index (χ1v) is 4.60. The van der Waals surface area contributed by atoms with Gasteiger partial charge in [0.15, 0.2) is 0 Å². The van der Waals surface area contributed by atoms with Crippen molar-refractivity contribution in [3.8, 4) is 0 Å². The van der Waals surface area contributed by atoms with Crippen LogP contribution >= 0.6 is 0 Å². The molecule has 0 bridgehead atoms. The van der Waals surface area contributed by atoms with Crippen molar-refractivity contribution >= 4 is 5.91 Å². The molecule has 1 aromatic rings. The normalized spacial score (nSPS) is 12.4. The van der Waals surface area contributed by atoms with E-state index in [2.05, 4.69) is 5.32 Å². The largest absolute Gasteiger partial charge is 0.368 e. The fourth-order valence-electron chi connectivity index (χ4n) is 1.10. The SMILES string of the molecule is NC(=O)C(N)CNCc1ccccc1F. The highest BCUT2D eigenvalue weighted by Crippen LogP contribution is 2.04. The summed E-state index contributed by atoms with van der Waals surface area (Å²) in [4.78, 5) is 10.6. The minimum absolute atomic E-state index is 0.240. The topological polar surface area (TPSA) is 81.1 Å². The van der Waals surface area contributed by atoms with Crippen LogP contribution < -0.4 is 16.8 Å². The van der Waals surface area contributed by atoms with Crippen LogP contribution in [0, 0.1) is 5.82 Å². The molecule has 0 saturated heterocycles. The monoisotopic (exact) mass is 211 g/mol. The van der Waals surface area contributed by atoms with Gasteiger partial charge in [0.05, 0.1) is 6.04 Å². The molecule has 0 aliphatic heterocycles. The fourth-order valence-corrected chi connectivity index (χ4v) is 1.10. The van der Waals surface area contributed by atoms with E-state index in [-0.39, 0.29) is 12.4 Å². The molecule has 0 fully saturated rings. The first-order valence-electron chi connectivity index (χ1n) is 4.60. The maximum atomic E-state index is 13.1. The molecule has 1 amide bonds. The maximum Gasteiger partial charge on any atom is 0.235 e. The second-order valence-corrected chi connectivity index (χ2v) is 3.23. The lowest BCUT2D eigenvalue weighted by molar-refractivity contribution is -0.119. The molecule has 4 nitrogen and oxygen atoms in total. The van der Waals surface area contributed by atoms with E-state index < -0.39 is 11.9 Å². The van der Waals surface area contributed by atoms with Gasteiger partial charge in [-0.2, -0.15) is 0 Å². The van der Waals surface area contributed by atoms with Gasteiger partial charge in [-0.25, -0.2) is 4.39 Å². The van der Waals surface area contributed by atoms with E-state index in [1.54, 1.807) is 18.2 Å². The second kappa shape index (κ2) is 5.43. The number of hydrogen-bond donors (Lipinski definition) is 3. The summed E-state index contributed by atoms with van der Waals surface area (Å²) in [5.74, 6) is -0.853. The van der Waals surface area contributed by atoms with Crippen LogP contribution in [0.15, 0.2) is 24.3 Å². The highest BCUT2D eigenvalue weighted by atomic mass is 19.1. The fraction of sp³-hybridized carbons (Fsp3) is 0.300. The Hall–Kier alpha value is -1.46. The zero-order valence-corrected chi connectivity index (χ0v) is 8.24. The van der Waals surface area contributed by atoms with E-state index >= 15 is 0 Å². The van der Waals surface area contributed by atoms with E-state index in [9.17, 15) is 9.18 Å². The molecule has 0 aliphatic rings. The van der Waals surface area contributed by atoms with E-state index in [1.807, 2.05) is 0 Å². The first-order chi connectivity index (χ1) is 7.11. The molecule has 82 valence electrons. The maximum absolute atomic E-state index is 13.1. The number of benzene rings is 1. The number of carbonyl (C=O) groups excluding carboxylic acids is 1. The third kappa shape index (κ3) is 3.65. The van der Waals surface area contributed by atoms with Gasteiger partial charge in [0, 0.05) is 18.7 Å². The summed E-state index contributed by atoms with van der Waals surface area (Å²) in [7, 11) is 0. The zero-order chi connectivity index (χ0) is 11.3. The molecule has 15 heavy (non-hydrogen) atoms. The minimum Gasteiger partial charge on any atom is -0.368 e. The van der Waals surface area contributed by atoms with Gasteiger partial charge in [-0.15, -0.1) is 0 Å². The average molecular weight is 211 g/mol. The van der Waals surface area contributed by atoms with E-state index in [1.165, 1.54) is 6.07 Å². The van der Waals surface area contributed by atoms with Crippen molar-refractivity contribution in [3.05, 3.63) is 35.6 Å². The lowest BCUT2D eigenvalue weighted by Crippen LogP contribution is -2.44. The van der Waals surface area contributed by atoms with Crippen molar-refractivity contribution in [1.82, 2.24) is 5.32 Å². The molecule has 1 rings (SSSR count). The standard InChI is InChI=1S/C10H14FN3O/c11-8-4-2-1-3-7(8)5-14-6-9(12)10(13)15/h1-4,9,14H,5-6,12H2,(H2,13,15). The molecule has 1 unspecified atom stereocenters. The summed E-state index contributed by atoms with van der Waals surface area (Å²) in [5, 5.41) is 2.86. The average Bonchev–Trinajstić information content (AvgIpc) is 2.20. The third-order valence-electron chi connectivity index (χ3n) is 2.00. The van der Waals surface area contributed by atoms with Gasteiger partial charge >= 0.3 is 0 Å². The highest BCUT2D eigenvalue weighted by Gasteiger charge is 2.08. The van der Waals surface area contributed by atoms with Crippen LogP contribution in [0.3, 0.4) is 0 Å². The van der Waals surface area contributed by atoms with Gasteiger partial charge in [0.25, 0.3) is 0 Å². The predicted molar refractivity (Wildman–Crippen MR) is 55.3 cm³/mol. The van der Waals surface area contributed by atoms with Crippen molar-refractivity contribution in [3.63, 3.8) is 0 Å². The smallest absolute Gasteiger partial charge is 0.235 e. The number of rotatable bonds is 5. The summed E-state index contributed by atoms with van der Waals surface area (Å²) in [6.45, 7) is 0.567. The van der Waals surface area contributed by atoms with Gasteiger partial charge in [0.1, 0.15) is 5.82 Å². The molecule has 0 aliphatic carbocycles. The Morgan fingerprint density at radius 3 is 2.73 bits per heavy atom. The summed E-state index contributed by atoms with van der Waals surface area (Å²) in [6.07, 6.45) is 0. The van der Waals surface area contributed by atoms with Crippen LogP contribution in [0.4, 0.5) is 4.39 Å². The van der Waals surface area contributed by atoms with Crippen LogP contribution in [-0.2, 0) is 11.3 Å². The van der Waals surface area contributed by atoms with Crippen molar-refractivity contribution in [2.45, 2.75) is 12.6 Å². The van der Waals surface area contributed by atoms with Gasteiger partial charge in [0.2, 0.25) is 5.91 Å². The summed E-state index contributed by atoms with van der Waals surface area (Å²) < 4.78 is 13.1. The van der Waals surface area contributed by atoms with Crippen molar-refractivity contribution < 1.29 is 9.18 Å². The lowest BCUT2D eigenvalue weighted by Gasteiger charge is -2.09. The zero-order valence-electron chi connectivity index (χ0n) is 8.24. The van der Waals surface area contributed by atoms with E-state index in [4.69, 9.17) is 11.5 Å². The molecule has 1 atom stereocenters. The Bertz CT molecular complexity index is 343. The summed E-state index contributed by atoms with van der Waals surface area (Å²) in [5.41, 5.74) is 10.9. The second-order valence-electron chi connectivity index (χ2n) is 3.23.